The van der Waals surface area contributed by atoms with E-state index in [4.69, 9.17) is 4.74 Å². The van der Waals surface area contributed by atoms with Gasteiger partial charge in [0.1, 0.15) is 17.9 Å². The van der Waals surface area contributed by atoms with Crippen LogP contribution in [0.2, 0.25) is 0 Å². The first-order valence-electron chi connectivity index (χ1n) is 8.08. The van der Waals surface area contributed by atoms with E-state index in [9.17, 15) is 9.90 Å². The first-order chi connectivity index (χ1) is 12.2. The van der Waals surface area contributed by atoms with Gasteiger partial charge >= 0.3 is 5.97 Å². The van der Waals surface area contributed by atoms with Gasteiger partial charge in [0.2, 0.25) is 0 Å². The summed E-state index contributed by atoms with van der Waals surface area (Å²) in [6.45, 7) is 1.07. The summed E-state index contributed by atoms with van der Waals surface area (Å²) < 4.78 is 7.08. The lowest BCUT2D eigenvalue weighted by molar-refractivity contribution is -0.141. The number of nitrogens with zero attached hydrogens (tertiary/aromatic N) is 4. The molecule has 0 amide bonds. The third-order valence-corrected chi connectivity index (χ3v) is 4.82. The fourth-order valence-electron chi connectivity index (χ4n) is 3.52. The summed E-state index contributed by atoms with van der Waals surface area (Å²) in [6.07, 6.45) is 1.65. The fourth-order valence-corrected chi connectivity index (χ4v) is 3.52. The predicted molar refractivity (Wildman–Crippen MR) is 92.1 cm³/mol. The zero-order chi connectivity index (χ0) is 17.4. The van der Waals surface area contributed by atoms with Crippen molar-refractivity contribution in [2.24, 2.45) is 5.92 Å². The number of benzene rings is 1. The summed E-state index contributed by atoms with van der Waals surface area (Å²) in [6, 6.07) is 13.4. The largest absolute Gasteiger partial charge is 0.497 e. The van der Waals surface area contributed by atoms with E-state index in [2.05, 4.69) is 15.1 Å². The second kappa shape index (κ2) is 6.08. The Kier molecular flexibility index (Phi) is 3.76. The number of carboxylic acids is 1. The fraction of sp³-hybridized carbons (Fsp3) is 0.278. The smallest absolute Gasteiger partial charge is 0.308 e. The van der Waals surface area contributed by atoms with Crippen LogP contribution >= 0.6 is 0 Å². The molecular formula is C18H18N4O3. The van der Waals surface area contributed by atoms with Crippen molar-refractivity contribution in [3.63, 3.8) is 0 Å². The molecular weight excluding hydrogens is 320 g/mol. The first kappa shape index (κ1) is 15.4. The molecule has 0 saturated carbocycles. The highest BCUT2D eigenvalue weighted by atomic mass is 16.5. The lowest BCUT2D eigenvalue weighted by atomic mass is 9.89. The molecule has 0 bridgehead atoms. The molecule has 0 unspecified atom stereocenters. The Morgan fingerprint density at radius 2 is 2.00 bits per heavy atom. The quantitative estimate of drug-likeness (QED) is 0.784. The number of methoxy groups -OCH3 is 1. The van der Waals surface area contributed by atoms with E-state index in [0.29, 0.717) is 13.1 Å². The maximum Gasteiger partial charge on any atom is 0.308 e. The van der Waals surface area contributed by atoms with Crippen molar-refractivity contribution in [1.82, 2.24) is 14.6 Å². The lowest BCUT2D eigenvalue weighted by Crippen LogP contribution is -2.24. The topological polar surface area (TPSA) is 80.0 Å². The van der Waals surface area contributed by atoms with Crippen molar-refractivity contribution in [1.29, 1.82) is 0 Å². The average molecular weight is 338 g/mol. The van der Waals surface area contributed by atoms with Crippen molar-refractivity contribution < 1.29 is 14.6 Å². The van der Waals surface area contributed by atoms with Crippen LogP contribution in [0.4, 0.5) is 5.82 Å². The number of rotatable bonds is 4. The minimum atomic E-state index is -0.778. The number of aromatic nitrogens is 3. The van der Waals surface area contributed by atoms with Gasteiger partial charge in [-0.3, -0.25) is 9.20 Å². The third kappa shape index (κ3) is 2.67. The van der Waals surface area contributed by atoms with E-state index < -0.39 is 11.9 Å². The van der Waals surface area contributed by atoms with Crippen molar-refractivity contribution in [3.05, 3.63) is 54.4 Å². The Hall–Kier alpha value is -3.09. The van der Waals surface area contributed by atoms with Crippen molar-refractivity contribution in [2.45, 2.75) is 5.92 Å². The molecule has 1 aromatic carbocycles. The number of hydrogen-bond acceptors (Lipinski definition) is 5. The van der Waals surface area contributed by atoms with Crippen LogP contribution in [-0.2, 0) is 4.79 Å². The summed E-state index contributed by atoms with van der Waals surface area (Å²) in [5.74, 6) is 0.332. The van der Waals surface area contributed by atoms with Crippen LogP contribution in [0.25, 0.3) is 5.65 Å². The first-order valence-corrected chi connectivity index (χ1v) is 8.08. The van der Waals surface area contributed by atoms with E-state index in [1.807, 2.05) is 46.9 Å². The molecule has 4 rings (SSSR count). The summed E-state index contributed by atoms with van der Waals surface area (Å²) in [4.78, 5) is 13.9. The molecule has 0 aliphatic carbocycles. The van der Waals surface area contributed by atoms with Gasteiger partial charge in [-0.2, -0.15) is 0 Å². The minimum absolute atomic E-state index is 0.0878. The Bertz CT molecular complexity index is 906. The third-order valence-electron chi connectivity index (χ3n) is 4.82. The molecule has 1 fully saturated rings. The van der Waals surface area contributed by atoms with Crippen LogP contribution in [0.15, 0.2) is 48.8 Å². The molecule has 1 N–H and O–H groups in total. The summed E-state index contributed by atoms with van der Waals surface area (Å²) >= 11 is 0. The van der Waals surface area contributed by atoms with Gasteiger partial charge in [-0.15, -0.1) is 10.2 Å². The van der Waals surface area contributed by atoms with Crippen LogP contribution in [0.3, 0.4) is 0 Å². The van der Waals surface area contributed by atoms with Crippen LogP contribution in [-0.4, -0.2) is 45.9 Å². The van der Waals surface area contributed by atoms with E-state index in [1.165, 1.54) is 0 Å². The van der Waals surface area contributed by atoms with Gasteiger partial charge in [0, 0.05) is 19.0 Å². The molecule has 7 nitrogen and oxygen atoms in total. The van der Waals surface area contributed by atoms with E-state index in [0.717, 1.165) is 22.8 Å². The molecule has 1 aliphatic rings. The molecule has 3 aromatic rings. The second-order valence-electron chi connectivity index (χ2n) is 6.17. The predicted octanol–water partition coefficient (Wildman–Crippen LogP) is 2.04. The van der Waals surface area contributed by atoms with Gasteiger partial charge in [-0.05, 0) is 29.8 Å². The number of ether oxygens (including phenoxy) is 1. The Balaban J connectivity index is 1.68. The van der Waals surface area contributed by atoms with Crippen LogP contribution < -0.4 is 9.64 Å². The Morgan fingerprint density at radius 3 is 2.72 bits per heavy atom. The number of aliphatic carboxylic acids is 1. The molecule has 2 aromatic heterocycles. The number of anilines is 1. The summed E-state index contributed by atoms with van der Waals surface area (Å²) in [7, 11) is 1.62. The van der Waals surface area contributed by atoms with E-state index in [-0.39, 0.29) is 5.92 Å². The number of pyridine rings is 1. The maximum atomic E-state index is 11.8. The monoisotopic (exact) mass is 338 g/mol. The molecule has 128 valence electrons. The van der Waals surface area contributed by atoms with Gasteiger partial charge < -0.3 is 14.7 Å². The van der Waals surface area contributed by atoms with E-state index >= 15 is 0 Å². The highest BCUT2D eigenvalue weighted by Crippen LogP contribution is 2.36. The number of carbonyl (C=O) groups is 1. The summed E-state index contributed by atoms with van der Waals surface area (Å²) in [5.41, 5.74) is 1.75. The number of carboxylic acid groups (broad SMARTS) is 1. The second-order valence-corrected chi connectivity index (χ2v) is 6.17. The van der Waals surface area contributed by atoms with Gasteiger partial charge in [0.05, 0.1) is 13.0 Å². The standard InChI is InChI=1S/C18H18N4O3/c1-25-13-7-5-12(6-8-13)14-9-21(10-15(14)18(23)24)17-4-2-3-16-20-19-11-22(16)17/h2-8,11,14-15H,9-10H2,1H3,(H,23,24)/t14-,15+/m0/s1. The van der Waals surface area contributed by atoms with E-state index in [1.54, 1.807) is 13.4 Å². The average Bonchev–Trinajstić information content (AvgIpc) is 3.28. The Labute approximate surface area is 144 Å². The van der Waals surface area contributed by atoms with Gasteiger partial charge in [-0.1, -0.05) is 18.2 Å². The van der Waals surface area contributed by atoms with Crippen LogP contribution in [0.5, 0.6) is 5.75 Å². The van der Waals surface area contributed by atoms with Gasteiger partial charge in [0.15, 0.2) is 5.65 Å². The van der Waals surface area contributed by atoms with Gasteiger partial charge in [0.25, 0.3) is 0 Å². The van der Waals surface area contributed by atoms with Crippen LogP contribution in [0, 0.1) is 5.92 Å². The number of hydrogen-bond donors (Lipinski definition) is 1. The molecule has 2 atom stereocenters. The van der Waals surface area contributed by atoms with Crippen LogP contribution in [0.1, 0.15) is 11.5 Å². The maximum absolute atomic E-state index is 11.8. The van der Waals surface area contributed by atoms with Crippen molar-refractivity contribution >= 4 is 17.4 Å². The zero-order valence-corrected chi connectivity index (χ0v) is 13.7. The molecule has 0 spiro atoms. The number of fused-ring (bicyclic) bond motifs is 1. The molecule has 1 saturated heterocycles. The molecule has 3 heterocycles. The van der Waals surface area contributed by atoms with Crippen molar-refractivity contribution in [2.75, 3.05) is 25.1 Å². The molecule has 25 heavy (non-hydrogen) atoms. The summed E-state index contributed by atoms with van der Waals surface area (Å²) in [5, 5.41) is 17.7. The Morgan fingerprint density at radius 1 is 1.20 bits per heavy atom. The van der Waals surface area contributed by atoms with Gasteiger partial charge in [-0.25, -0.2) is 0 Å². The van der Waals surface area contributed by atoms with Crippen molar-refractivity contribution in [3.8, 4) is 5.75 Å². The minimum Gasteiger partial charge on any atom is -0.497 e. The molecule has 7 heteroatoms. The normalized spacial score (nSPS) is 20.1. The zero-order valence-electron chi connectivity index (χ0n) is 13.7. The highest BCUT2D eigenvalue weighted by molar-refractivity contribution is 5.74. The molecule has 1 aliphatic heterocycles. The molecule has 0 radical (unpaired) electrons. The lowest BCUT2D eigenvalue weighted by Gasteiger charge is -2.19. The SMILES string of the molecule is COc1ccc([C@@H]2CN(c3cccc4nncn34)C[C@H]2C(=O)O)cc1. The highest BCUT2D eigenvalue weighted by Gasteiger charge is 2.39.